The van der Waals surface area contributed by atoms with E-state index in [0.717, 1.165) is 9.32 Å². The number of benzene rings is 2. The Morgan fingerprint density at radius 3 is 2.85 bits per heavy atom. The molecule has 0 aliphatic heterocycles. The Balaban J connectivity index is 1.86. The van der Waals surface area contributed by atoms with Gasteiger partial charge in [0.1, 0.15) is 18.2 Å². The summed E-state index contributed by atoms with van der Waals surface area (Å²) in [6.45, 7) is 0.236. The zero-order valence-corrected chi connectivity index (χ0v) is 12.6. The molecular formula is C15H11IN2O2. The van der Waals surface area contributed by atoms with Crippen molar-refractivity contribution in [2.45, 2.75) is 6.61 Å². The molecule has 3 aromatic rings. The van der Waals surface area contributed by atoms with Crippen LogP contribution in [0.5, 0.6) is 5.75 Å². The van der Waals surface area contributed by atoms with E-state index in [4.69, 9.17) is 4.74 Å². The van der Waals surface area contributed by atoms with Gasteiger partial charge in [-0.05, 0) is 52.9 Å². The van der Waals surface area contributed by atoms with Gasteiger partial charge in [0, 0.05) is 3.57 Å². The fourth-order valence-corrected chi connectivity index (χ4v) is 2.43. The van der Waals surface area contributed by atoms with Crippen molar-refractivity contribution in [1.29, 1.82) is 0 Å². The minimum absolute atomic E-state index is 0.142. The van der Waals surface area contributed by atoms with Crippen LogP contribution in [0.15, 0.2) is 53.3 Å². The second-order valence-electron chi connectivity index (χ2n) is 4.28. The fourth-order valence-electron chi connectivity index (χ4n) is 1.91. The highest BCUT2D eigenvalue weighted by Crippen LogP contribution is 2.15. The number of ether oxygens (including phenoxy) is 1. The Labute approximate surface area is 129 Å². The number of aromatic amines is 1. The molecule has 0 aliphatic rings. The summed E-state index contributed by atoms with van der Waals surface area (Å²) in [6, 6.07) is 15.0. The van der Waals surface area contributed by atoms with Crippen LogP contribution in [0.3, 0.4) is 0 Å². The number of rotatable bonds is 3. The molecule has 0 saturated carbocycles. The van der Waals surface area contributed by atoms with Crippen LogP contribution < -0.4 is 10.3 Å². The van der Waals surface area contributed by atoms with Crippen LogP contribution in [0.4, 0.5) is 0 Å². The predicted octanol–water partition coefficient (Wildman–Crippen LogP) is 3.11. The molecule has 0 saturated heterocycles. The van der Waals surface area contributed by atoms with E-state index < -0.39 is 0 Å². The molecule has 0 radical (unpaired) electrons. The smallest absolute Gasteiger partial charge is 0.258 e. The number of nitrogens with one attached hydrogen (secondary N) is 1. The second kappa shape index (κ2) is 5.62. The third-order valence-electron chi connectivity index (χ3n) is 2.83. The van der Waals surface area contributed by atoms with Gasteiger partial charge >= 0.3 is 0 Å². The summed E-state index contributed by atoms with van der Waals surface area (Å²) in [5, 5.41) is 0.588. The minimum Gasteiger partial charge on any atom is -0.486 e. The zero-order valence-electron chi connectivity index (χ0n) is 10.5. The van der Waals surface area contributed by atoms with Gasteiger partial charge in [-0.25, -0.2) is 4.98 Å². The summed E-state index contributed by atoms with van der Waals surface area (Å²) in [6.07, 6.45) is 0. The van der Waals surface area contributed by atoms with Crippen LogP contribution in [-0.2, 0) is 6.61 Å². The van der Waals surface area contributed by atoms with Gasteiger partial charge in [-0.15, -0.1) is 0 Å². The maximum atomic E-state index is 11.9. The largest absolute Gasteiger partial charge is 0.486 e. The molecule has 100 valence electrons. The van der Waals surface area contributed by atoms with E-state index >= 15 is 0 Å². The van der Waals surface area contributed by atoms with E-state index in [1.165, 1.54) is 0 Å². The van der Waals surface area contributed by atoms with E-state index in [0.29, 0.717) is 16.7 Å². The molecule has 0 unspecified atom stereocenters. The first-order chi connectivity index (χ1) is 9.72. The Morgan fingerprint density at radius 1 is 1.15 bits per heavy atom. The van der Waals surface area contributed by atoms with E-state index in [9.17, 15) is 4.79 Å². The lowest BCUT2D eigenvalue weighted by Crippen LogP contribution is -2.13. The van der Waals surface area contributed by atoms with Gasteiger partial charge in [-0.3, -0.25) is 4.79 Å². The Bertz CT molecular complexity index is 814. The van der Waals surface area contributed by atoms with E-state index in [1.807, 2.05) is 42.5 Å². The summed E-state index contributed by atoms with van der Waals surface area (Å²) in [5.41, 5.74) is 0.536. The molecule has 0 fully saturated rings. The molecule has 1 aromatic heterocycles. The van der Waals surface area contributed by atoms with Crippen molar-refractivity contribution >= 4 is 33.5 Å². The van der Waals surface area contributed by atoms with Crippen molar-refractivity contribution in [1.82, 2.24) is 9.97 Å². The highest BCUT2D eigenvalue weighted by Gasteiger charge is 2.04. The normalized spacial score (nSPS) is 10.7. The summed E-state index contributed by atoms with van der Waals surface area (Å²) >= 11 is 2.22. The summed E-state index contributed by atoms with van der Waals surface area (Å²) < 4.78 is 6.74. The quantitative estimate of drug-likeness (QED) is 0.713. The Kier molecular flexibility index (Phi) is 3.68. The molecule has 1 heterocycles. The van der Waals surface area contributed by atoms with E-state index in [1.54, 1.807) is 6.07 Å². The molecule has 5 heteroatoms. The average Bonchev–Trinajstić information content (AvgIpc) is 2.45. The van der Waals surface area contributed by atoms with Crippen LogP contribution in [0.2, 0.25) is 0 Å². The number of para-hydroxylation sites is 1. The zero-order chi connectivity index (χ0) is 13.9. The highest BCUT2D eigenvalue weighted by molar-refractivity contribution is 14.1. The van der Waals surface area contributed by atoms with Gasteiger partial charge in [0.2, 0.25) is 0 Å². The van der Waals surface area contributed by atoms with Crippen molar-refractivity contribution in [3.05, 3.63) is 68.3 Å². The molecule has 3 rings (SSSR count). The molecule has 2 aromatic carbocycles. The number of hydrogen-bond acceptors (Lipinski definition) is 3. The van der Waals surface area contributed by atoms with Gasteiger partial charge < -0.3 is 9.72 Å². The van der Waals surface area contributed by atoms with Gasteiger partial charge in [0.25, 0.3) is 5.56 Å². The molecule has 20 heavy (non-hydrogen) atoms. The molecule has 0 atom stereocenters. The number of H-pyrrole nitrogens is 1. The van der Waals surface area contributed by atoms with Crippen molar-refractivity contribution in [3.8, 4) is 5.75 Å². The monoisotopic (exact) mass is 378 g/mol. The van der Waals surface area contributed by atoms with Crippen molar-refractivity contribution in [2.24, 2.45) is 0 Å². The lowest BCUT2D eigenvalue weighted by atomic mass is 10.2. The van der Waals surface area contributed by atoms with Crippen LogP contribution in [-0.4, -0.2) is 9.97 Å². The van der Waals surface area contributed by atoms with Crippen LogP contribution in [0.25, 0.3) is 10.9 Å². The number of fused-ring (bicyclic) bond motifs is 1. The van der Waals surface area contributed by atoms with E-state index in [2.05, 4.69) is 32.6 Å². The first-order valence-corrected chi connectivity index (χ1v) is 7.16. The summed E-state index contributed by atoms with van der Waals surface area (Å²) in [5.74, 6) is 1.28. The van der Waals surface area contributed by atoms with Crippen molar-refractivity contribution < 1.29 is 4.74 Å². The second-order valence-corrected chi connectivity index (χ2v) is 5.52. The van der Waals surface area contributed by atoms with Crippen molar-refractivity contribution in [2.75, 3.05) is 0 Å². The highest BCUT2D eigenvalue weighted by atomic mass is 127. The first kappa shape index (κ1) is 13.1. The summed E-state index contributed by atoms with van der Waals surface area (Å²) in [7, 11) is 0. The molecular weight excluding hydrogens is 367 g/mol. The molecule has 4 nitrogen and oxygen atoms in total. The maximum absolute atomic E-state index is 11.9. The summed E-state index contributed by atoms with van der Waals surface area (Å²) in [4.78, 5) is 19.0. The topological polar surface area (TPSA) is 55.0 Å². The Morgan fingerprint density at radius 2 is 2.00 bits per heavy atom. The first-order valence-electron chi connectivity index (χ1n) is 6.09. The molecule has 0 aliphatic carbocycles. The molecule has 0 bridgehead atoms. The maximum Gasteiger partial charge on any atom is 0.258 e. The predicted molar refractivity (Wildman–Crippen MR) is 85.9 cm³/mol. The third kappa shape index (κ3) is 2.82. The number of halogens is 1. The van der Waals surface area contributed by atoms with Crippen LogP contribution in [0.1, 0.15) is 5.82 Å². The lowest BCUT2D eigenvalue weighted by molar-refractivity contribution is 0.296. The van der Waals surface area contributed by atoms with Gasteiger partial charge in [-0.1, -0.05) is 18.2 Å². The SMILES string of the molecule is O=c1[nH]c(COc2cccc(I)c2)nc2ccccc12. The Hall–Kier alpha value is -1.89. The number of aromatic nitrogens is 2. The number of nitrogens with zero attached hydrogens (tertiary/aromatic N) is 1. The molecule has 0 spiro atoms. The van der Waals surface area contributed by atoms with E-state index in [-0.39, 0.29) is 12.2 Å². The molecule has 0 amide bonds. The minimum atomic E-state index is -0.142. The molecule has 1 N–H and O–H groups in total. The van der Waals surface area contributed by atoms with Gasteiger partial charge in [-0.2, -0.15) is 0 Å². The lowest BCUT2D eigenvalue weighted by Gasteiger charge is -2.06. The van der Waals surface area contributed by atoms with Gasteiger partial charge in [0.15, 0.2) is 0 Å². The van der Waals surface area contributed by atoms with Crippen molar-refractivity contribution in [3.63, 3.8) is 0 Å². The average molecular weight is 378 g/mol. The third-order valence-corrected chi connectivity index (χ3v) is 3.50. The van der Waals surface area contributed by atoms with Gasteiger partial charge in [0.05, 0.1) is 10.9 Å². The number of hydrogen-bond donors (Lipinski definition) is 1. The fraction of sp³-hybridized carbons (Fsp3) is 0.0667. The standard InChI is InChI=1S/C15H11IN2O2/c16-10-4-3-5-11(8-10)20-9-14-17-13-7-2-1-6-12(13)15(19)18-14/h1-8H,9H2,(H,17,18,19). The van der Waals surface area contributed by atoms with Crippen LogP contribution >= 0.6 is 22.6 Å². The van der Waals surface area contributed by atoms with Crippen LogP contribution in [0, 0.1) is 3.57 Å².